The molecule has 0 bridgehead atoms. The highest BCUT2D eigenvalue weighted by molar-refractivity contribution is 6.26. The van der Waals surface area contributed by atoms with Crippen molar-refractivity contribution in [1.29, 1.82) is 0 Å². The summed E-state index contributed by atoms with van der Waals surface area (Å²) in [4.78, 5) is 2.58. The van der Waals surface area contributed by atoms with Gasteiger partial charge in [-0.15, -0.1) is 0 Å². The van der Waals surface area contributed by atoms with Crippen LogP contribution in [0.25, 0.3) is 104 Å². The molecule has 0 N–H and O–H groups in total. The number of aromatic nitrogens is 1. The molecule has 0 atom stereocenters. The van der Waals surface area contributed by atoms with Gasteiger partial charge >= 0.3 is 0 Å². The summed E-state index contributed by atoms with van der Waals surface area (Å²) >= 11 is 0. The van der Waals surface area contributed by atoms with Gasteiger partial charge in [-0.2, -0.15) is 0 Å². The van der Waals surface area contributed by atoms with Crippen molar-refractivity contribution in [2.45, 2.75) is 5.41 Å². The summed E-state index contributed by atoms with van der Waals surface area (Å²) in [6.07, 6.45) is 0. The van der Waals surface area contributed by atoms with E-state index in [2.05, 4.69) is 289 Å². The van der Waals surface area contributed by atoms with Crippen molar-refractivity contribution in [3.8, 4) is 50.2 Å². The van der Waals surface area contributed by atoms with E-state index in [0.717, 1.165) is 33.8 Å². The summed E-state index contributed by atoms with van der Waals surface area (Å²) in [5.74, 6) is 0. The first-order chi connectivity index (χ1) is 37.2. The van der Waals surface area contributed by atoms with E-state index >= 15 is 0 Å². The Labute approximate surface area is 435 Å². The van der Waals surface area contributed by atoms with Crippen molar-refractivity contribution in [2.24, 2.45) is 0 Å². The van der Waals surface area contributed by atoms with E-state index in [1.807, 2.05) is 0 Å². The Hall–Kier alpha value is -9.76. The quantitative estimate of drug-likeness (QED) is 0.151. The van der Waals surface area contributed by atoms with Gasteiger partial charge in [-0.3, -0.25) is 0 Å². The minimum absolute atomic E-state index is 0.566. The molecule has 348 valence electrons. The molecule has 14 aromatic rings. The fourth-order valence-electron chi connectivity index (χ4n) is 13.5. The van der Waals surface area contributed by atoms with Gasteiger partial charge in [0.25, 0.3) is 0 Å². The summed E-state index contributed by atoms with van der Waals surface area (Å²) in [5, 5.41) is 9.93. The van der Waals surface area contributed by atoms with Gasteiger partial charge in [0.1, 0.15) is 0 Å². The number of hydrogen-bond acceptors (Lipinski definition) is 1. The maximum atomic E-state index is 2.59. The van der Waals surface area contributed by atoms with Gasteiger partial charge in [0.05, 0.1) is 27.8 Å². The normalized spacial score (nSPS) is 12.9. The van der Waals surface area contributed by atoms with Crippen molar-refractivity contribution >= 4 is 71.2 Å². The van der Waals surface area contributed by atoms with Crippen LogP contribution in [0, 0.1) is 0 Å². The highest BCUT2D eigenvalue weighted by atomic mass is 15.2. The van der Waals surface area contributed by atoms with Crippen molar-refractivity contribution in [1.82, 2.24) is 4.57 Å². The predicted octanol–water partition coefficient (Wildman–Crippen LogP) is 19.4. The Morgan fingerprint density at radius 3 is 1.23 bits per heavy atom. The molecule has 2 aliphatic carbocycles. The molecule has 0 unspecified atom stereocenters. The lowest BCUT2D eigenvalue weighted by Gasteiger charge is -2.34. The van der Waals surface area contributed by atoms with Crippen LogP contribution in [-0.2, 0) is 5.41 Å². The Balaban J connectivity index is 1.08. The summed E-state index contributed by atoms with van der Waals surface area (Å²) in [6, 6.07) is 104. The van der Waals surface area contributed by atoms with Crippen LogP contribution in [0.5, 0.6) is 0 Å². The van der Waals surface area contributed by atoms with Crippen molar-refractivity contribution in [3.05, 3.63) is 301 Å². The second-order valence-corrected chi connectivity index (χ2v) is 20.3. The zero-order chi connectivity index (χ0) is 49.2. The molecule has 13 aromatic carbocycles. The standard InChI is InChI=1S/C73H46N2/c1-3-21-47(22-4-1)51-41-39-49(43-62(51)48-23-5-2-6-24-48)74(50-40-42-56-54-27-8-7-25-52(54)53-26-9-10-28-55(53)63(56)44-50)72-46-68-64(45-71(72)75-69-37-19-14-32-60(69)61-33-15-20-38-70(61)75)59-31-13-18-36-67(59)73(68)65-34-16-11-29-57(65)58-30-12-17-35-66(58)73/h1-46H. The van der Waals surface area contributed by atoms with Crippen molar-refractivity contribution in [2.75, 3.05) is 4.90 Å². The molecule has 0 fully saturated rings. The first-order valence-corrected chi connectivity index (χ1v) is 26.1. The number of fused-ring (bicyclic) bond motifs is 19. The van der Waals surface area contributed by atoms with Gasteiger partial charge in [-0.05, 0) is 148 Å². The molecule has 1 aromatic heterocycles. The number of benzene rings is 13. The Morgan fingerprint density at radius 1 is 0.253 bits per heavy atom. The summed E-state index contributed by atoms with van der Waals surface area (Å²) < 4.78 is 2.54. The summed E-state index contributed by atoms with van der Waals surface area (Å²) in [5.41, 5.74) is 21.1. The minimum atomic E-state index is -0.566. The fraction of sp³-hybridized carbons (Fsp3) is 0.0137. The molecular weight excluding hydrogens is 905 g/mol. The summed E-state index contributed by atoms with van der Waals surface area (Å²) in [7, 11) is 0. The third kappa shape index (κ3) is 5.91. The lowest BCUT2D eigenvalue weighted by atomic mass is 9.70. The number of anilines is 3. The van der Waals surface area contributed by atoms with Crippen LogP contribution in [0.2, 0.25) is 0 Å². The zero-order valence-electron chi connectivity index (χ0n) is 41.0. The van der Waals surface area contributed by atoms with Crippen LogP contribution in [0.4, 0.5) is 17.1 Å². The molecule has 2 nitrogen and oxygen atoms in total. The fourth-order valence-corrected chi connectivity index (χ4v) is 13.5. The van der Waals surface area contributed by atoms with Crippen molar-refractivity contribution in [3.63, 3.8) is 0 Å². The first-order valence-electron chi connectivity index (χ1n) is 26.1. The van der Waals surface area contributed by atoms with Crippen molar-refractivity contribution < 1.29 is 0 Å². The molecule has 0 aliphatic heterocycles. The predicted molar refractivity (Wildman–Crippen MR) is 315 cm³/mol. The average molecular weight is 951 g/mol. The van der Waals surface area contributed by atoms with Crippen LogP contribution in [-0.4, -0.2) is 4.57 Å². The number of hydrogen-bond donors (Lipinski definition) is 0. The van der Waals surface area contributed by atoms with Gasteiger partial charge in [-0.1, -0.05) is 231 Å². The molecule has 1 heterocycles. The maximum Gasteiger partial charge on any atom is 0.0726 e. The molecular formula is C73H46N2. The van der Waals surface area contributed by atoms with E-state index in [9.17, 15) is 0 Å². The maximum absolute atomic E-state index is 2.59. The SMILES string of the molecule is c1ccc(-c2ccc(N(c3ccc4c5ccccc5c5ccccc5c4c3)c3cc4c(cc3-n3c5ccccc5c5ccccc53)-c3ccccc3C43c4ccccc4-c4ccccc43)cc2-c2ccccc2)cc1. The third-order valence-electron chi connectivity index (χ3n) is 16.6. The van der Waals surface area contributed by atoms with E-state index in [0.29, 0.717) is 0 Å². The zero-order valence-corrected chi connectivity index (χ0v) is 41.0. The first kappa shape index (κ1) is 41.8. The average Bonchev–Trinajstić information content (AvgIpc) is 4.27. The number of para-hydroxylation sites is 2. The topological polar surface area (TPSA) is 8.17 Å². The summed E-state index contributed by atoms with van der Waals surface area (Å²) in [6.45, 7) is 0. The highest BCUT2D eigenvalue weighted by Gasteiger charge is 2.52. The minimum Gasteiger partial charge on any atom is -0.308 e. The van der Waals surface area contributed by atoms with Gasteiger partial charge in [0, 0.05) is 22.1 Å². The molecule has 0 amide bonds. The monoisotopic (exact) mass is 950 g/mol. The highest BCUT2D eigenvalue weighted by Crippen LogP contribution is 2.64. The Kier molecular flexibility index (Phi) is 8.99. The van der Waals surface area contributed by atoms with E-state index in [1.165, 1.54) is 110 Å². The van der Waals surface area contributed by atoms with Gasteiger partial charge in [0.15, 0.2) is 0 Å². The van der Waals surface area contributed by atoms with Gasteiger partial charge < -0.3 is 9.47 Å². The van der Waals surface area contributed by atoms with Crippen LogP contribution in [0.15, 0.2) is 279 Å². The Bertz CT molecular complexity index is 4520. The largest absolute Gasteiger partial charge is 0.308 e. The van der Waals surface area contributed by atoms with Crippen LogP contribution in [0.3, 0.4) is 0 Å². The molecule has 16 rings (SSSR count). The second kappa shape index (κ2) is 16.1. The molecule has 0 saturated heterocycles. The molecule has 1 spiro atoms. The van der Waals surface area contributed by atoms with E-state index in [-0.39, 0.29) is 0 Å². The molecule has 75 heavy (non-hydrogen) atoms. The molecule has 2 heteroatoms. The lowest BCUT2D eigenvalue weighted by Crippen LogP contribution is -2.26. The van der Waals surface area contributed by atoms with Gasteiger partial charge in [-0.25, -0.2) is 0 Å². The molecule has 0 saturated carbocycles. The number of rotatable bonds is 6. The van der Waals surface area contributed by atoms with Gasteiger partial charge in [0.2, 0.25) is 0 Å². The lowest BCUT2D eigenvalue weighted by molar-refractivity contribution is 0.793. The van der Waals surface area contributed by atoms with Crippen LogP contribution >= 0.6 is 0 Å². The van der Waals surface area contributed by atoms with Crippen LogP contribution in [0.1, 0.15) is 22.3 Å². The Morgan fingerprint density at radius 2 is 0.667 bits per heavy atom. The molecule has 2 aliphatic rings. The van der Waals surface area contributed by atoms with E-state index in [1.54, 1.807) is 0 Å². The molecule has 0 radical (unpaired) electrons. The second-order valence-electron chi connectivity index (χ2n) is 20.3. The third-order valence-corrected chi connectivity index (χ3v) is 16.6. The smallest absolute Gasteiger partial charge is 0.0726 e. The van der Waals surface area contributed by atoms with E-state index < -0.39 is 5.41 Å². The van der Waals surface area contributed by atoms with E-state index in [4.69, 9.17) is 0 Å². The van der Waals surface area contributed by atoms with Crippen LogP contribution < -0.4 is 4.90 Å². The number of nitrogens with zero attached hydrogens (tertiary/aromatic N) is 2.